The molecular formula is C25H29N7S. The van der Waals surface area contributed by atoms with Gasteiger partial charge in [-0.3, -0.25) is 0 Å². The Labute approximate surface area is 198 Å². The van der Waals surface area contributed by atoms with Gasteiger partial charge in [0.05, 0.1) is 6.20 Å². The number of nitrogens with zero attached hydrogens (tertiary/aromatic N) is 6. The van der Waals surface area contributed by atoms with Crippen molar-refractivity contribution in [3.05, 3.63) is 60.8 Å². The summed E-state index contributed by atoms with van der Waals surface area (Å²) in [5.74, 6) is 0.577. The molecular weight excluding hydrogens is 430 g/mol. The standard InChI is InChI=1S/C25H29N7S/c1-18(2)32-23-22(28-25(32)33-21-7-5-4-6-8-21)17-26-24(29-23)27-19-9-11-20(12-10-19)31-15-13-30(3)14-16-31/h4-12,17-18H,13-16H2,1-3H3,(H,26,27,29). The minimum atomic E-state index is 0.229. The first-order valence-electron chi connectivity index (χ1n) is 11.4. The summed E-state index contributed by atoms with van der Waals surface area (Å²) in [6.45, 7) is 8.63. The van der Waals surface area contributed by atoms with Gasteiger partial charge < -0.3 is 19.7 Å². The lowest BCUT2D eigenvalue weighted by molar-refractivity contribution is 0.313. The van der Waals surface area contributed by atoms with Crippen LogP contribution in [0.15, 0.2) is 70.8 Å². The Morgan fingerprint density at radius 2 is 1.64 bits per heavy atom. The van der Waals surface area contributed by atoms with Crippen molar-refractivity contribution in [2.45, 2.75) is 29.9 Å². The van der Waals surface area contributed by atoms with Crippen molar-refractivity contribution >= 4 is 40.2 Å². The molecule has 2 aromatic heterocycles. The lowest BCUT2D eigenvalue weighted by Crippen LogP contribution is -2.44. The van der Waals surface area contributed by atoms with E-state index in [0.717, 1.165) is 53.1 Å². The minimum absolute atomic E-state index is 0.229. The Hall–Kier alpha value is -3.10. The van der Waals surface area contributed by atoms with E-state index < -0.39 is 0 Å². The van der Waals surface area contributed by atoms with Crippen LogP contribution < -0.4 is 10.2 Å². The molecule has 1 saturated heterocycles. The highest BCUT2D eigenvalue weighted by Gasteiger charge is 2.17. The molecule has 5 rings (SSSR count). The van der Waals surface area contributed by atoms with Crippen LogP contribution in [0.5, 0.6) is 0 Å². The molecule has 0 saturated carbocycles. The largest absolute Gasteiger partial charge is 0.369 e. The van der Waals surface area contributed by atoms with Crippen LogP contribution in [-0.4, -0.2) is 57.6 Å². The molecule has 0 bridgehead atoms. The van der Waals surface area contributed by atoms with Gasteiger partial charge in [0.1, 0.15) is 5.52 Å². The summed E-state index contributed by atoms with van der Waals surface area (Å²) in [5, 5.41) is 4.29. The molecule has 3 heterocycles. The van der Waals surface area contributed by atoms with Crippen LogP contribution in [0.3, 0.4) is 0 Å². The lowest BCUT2D eigenvalue weighted by atomic mass is 10.2. The number of likely N-dealkylation sites (N-methyl/N-ethyl adjacent to an activating group) is 1. The summed E-state index contributed by atoms with van der Waals surface area (Å²) in [6.07, 6.45) is 1.80. The maximum Gasteiger partial charge on any atom is 0.229 e. The summed E-state index contributed by atoms with van der Waals surface area (Å²) in [4.78, 5) is 20.1. The highest BCUT2D eigenvalue weighted by Crippen LogP contribution is 2.32. The number of rotatable bonds is 6. The van der Waals surface area contributed by atoms with Crippen LogP contribution in [0, 0.1) is 0 Å². The molecule has 1 N–H and O–H groups in total. The third-order valence-corrected chi connectivity index (χ3v) is 6.84. The van der Waals surface area contributed by atoms with Gasteiger partial charge in [-0.25, -0.2) is 9.97 Å². The van der Waals surface area contributed by atoms with Crippen LogP contribution in [0.2, 0.25) is 0 Å². The second-order valence-electron chi connectivity index (χ2n) is 8.64. The molecule has 0 atom stereocenters. The number of aromatic nitrogens is 4. The number of fused-ring (bicyclic) bond motifs is 1. The molecule has 0 aliphatic carbocycles. The van der Waals surface area contributed by atoms with Gasteiger partial charge in [0.25, 0.3) is 0 Å². The van der Waals surface area contributed by atoms with Crippen molar-refractivity contribution in [3.8, 4) is 0 Å². The van der Waals surface area contributed by atoms with E-state index in [4.69, 9.17) is 9.97 Å². The molecule has 7 nitrogen and oxygen atoms in total. The summed E-state index contributed by atoms with van der Waals surface area (Å²) in [5.41, 5.74) is 3.88. The molecule has 0 unspecified atom stereocenters. The second-order valence-corrected chi connectivity index (χ2v) is 9.68. The highest BCUT2D eigenvalue weighted by molar-refractivity contribution is 7.99. The zero-order valence-electron chi connectivity index (χ0n) is 19.3. The fourth-order valence-electron chi connectivity index (χ4n) is 4.01. The van der Waals surface area contributed by atoms with Crippen LogP contribution in [0.4, 0.5) is 17.3 Å². The number of imidazole rings is 1. The van der Waals surface area contributed by atoms with Gasteiger partial charge in [0.15, 0.2) is 10.8 Å². The molecule has 0 amide bonds. The van der Waals surface area contributed by atoms with E-state index in [1.807, 2.05) is 18.2 Å². The zero-order valence-corrected chi connectivity index (χ0v) is 20.1. The third kappa shape index (κ3) is 4.82. The highest BCUT2D eigenvalue weighted by atomic mass is 32.2. The zero-order chi connectivity index (χ0) is 22.8. The number of hydrogen-bond acceptors (Lipinski definition) is 7. The van der Waals surface area contributed by atoms with Gasteiger partial charge in [0, 0.05) is 48.5 Å². The van der Waals surface area contributed by atoms with E-state index in [1.165, 1.54) is 5.69 Å². The third-order valence-electron chi connectivity index (χ3n) is 5.86. The fourth-order valence-corrected chi connectivity index (χ4v) is 5.05. The number of anilines is 3. The first-order valence-corrected chi connectivity index (χ1v) is 12.2. The Balaban J connectivity index is 1.37. The molecule has 8 heteroatoms. The quantitative estimate of drug-likeness (QED) is 0.433. The van der Waals surface area contributed by atoms with Crippen molar-refractivity contribution in [1.82, 2.24) is 24.4 Å². The van der Waals surface area contributed by atoms with Gasteiger partial charge in [-0.2, -0.15) is 4.98 Å². The molecule has 1 aliphatic rings. The molecule has 1 fully saturated rings. The van der Waals surface area contributed by atoms with Crippen molar-refractivity contribution in [3.63, 3.8) is 0 Å². The van der Waals surface area contributed by atoms with Crippen molar-refractivity contribution in [2.24, 2.45) is 0 Å². The average Bonchev–Trinajstić information content (AvgIpc) is 3.18. The van der Waals surface area contributed by atoms with Crippen molar-refractivity contribution < 1.29 is 0 Å². The molecule has 1 aliphatic heterocycles. The van der Waals surface area contributed by atoms with E-state index in [9.17, 15) is 0 Å². The molecule has 0 radical (unpaired) electrons. The summed E-state index contributed by atoms with van der Waals surface area (Å²) < 4.78 is 2.18. The SMILES string of the molecule is CC(C)n1c(Sc2ccccc2)nc2cnc(Nc3ccc(N4CCN(C)CC4)cc3)nc21. The Bertz CT molecular complexity index is 1210. The maximum atomic E-state index is 4.82. The van der Waals surface area contributed by atoms with Crippen LogP contribution in [0.25, 0.3) is 11.2 Å². The van der Waals surface area contributed by atoms with Crippen molar-refractivity contribution in [1.29, 1.82) is 0 Å². The fraction of sp³-hybridized carbons (Fsp3) is 0.320. The summed E-state index contributed by atoms with van der Waals surface area (Å²) in [6, 6.07) is 19.1. The first-order chi connectivity index (χ1) is 16.1. The average molecular weight is 460 g/mol. The number of nitrogens with one attached hydrogen (secondary N) is 1. The van der Waals surface area contributed by atoms with Crippen LogP contribution >= 0.6 is 11.8 Å². The normalized spacial score (nSPS) is 14.8. The first kappa shape index (κ1) is 21.7. The number of hydrogen-bond donors (Lipinski definition) is 1. The lowest BCUT2D eigenvalue weighted by Gasteiger charge is -2.34. The van der Waals surface area contributed by atoms with Gasteiger partial charge in [0.2, 0.25) is 5.95 Å². The molecule has 0 spiro atoms. The van der Waals surface area contributed by atoms with Crippen LogP contribution in [-0.2, 0) is 0 Å². The van der Waals surface area contributed by atoms with E-state index in [0.29, 0.717) is 5.95 Å². The van der Waals surface area contributed by atoms with E-state index >= 15 is 0 Å². The van der Waals surface area contributed by atoms with Gasteiger partial charge in [-0.1, -0.05) is 30.0 Å². The summed E-state index contributed by atoms with van der Waals surface area (Å²) >= 11 is 1.65. The van der Waals surface area contributed by atoms with Crippen LogP contribution in [0.1, 0.15) is 19.9 Å². The smallest absolute Gasteiger partial charge is 0.229 e. The van der Waals surface area contributed by atoms with Gasteiger partial charge >= 0.3 is 0 Å². The Morgan fingerprint density at radius 1 is 0.909 bits per heavy atom. The Morgan fingerprint density at radius 3 is 2.33 bits per heavy atom. The number of benzene rings is 2. The molecule has 170 valence electrons. The predicted octanol–water partition coefficient (Wildman–Crippen LogP) is 5.05. The second kappa shape index (κ2) is 9.41. The predicted molar refractivity (Wildman–Crippen MR) is 136 cm³/mol. The topological polar surface area (TPSA) is 62.1 Å². The number of piperazine rings is 1. The van der Waals surface area contributed by atoms with E-state index in [1.54, 1.807) is 18.0 Å². The molecule has 4 aromatic rings. The van der Waals surface area contributed by atoms with Gasteiger partial charge in [-0.05, 0) is 57.3 Å². The molecule has 33 heavy (non-hydrogen) atoms. The van der Waals surface area contributed by atoms with Gasteiger partial charge in [-0.15, -0.1) is 0 Å². The summed E-state index contributed by atoms with van der Waals surface area (Å²) in [7, 11) is 2.18. The Kier molecular flexibility index (Phi) is 6.20. The molecule has 2 aromatic carbocycles. The maximum absolute atomic E-state index is 4.82. The van der Waals surface area contributed by atoms with E-state index in [-0.39, 0.29) is 6.04 Å². The minimum Gasteiger partial charge on any atom is -0.369 e. The van der Waals surface area contributed by atoms with E-state index in [2.05, 4.69) is 82.0 Å². The van der Waals surface area contributed by atoms with Crippen molar-refractivity contribution in [2.75, 3.05) is 43.4 Å². The monoisotopic (exact) mass is 459 g/mol.